The second-order valence-electron chi connectivity index (χ2n) is 7.29. The van der Waals surface area contributed by atoms with Gasteiger partial charge in [-0.25, -0.2) is 9.59 Å². The van der Waals surface area contributed by atoms with E-state index < -0.39 is 29.3 Å². The van der Waals surface area contributed by atoms with Gasteiger partial charge in [0.25, 0.3) is 0 Å². The van der Waals surface area contributed by atoms with Crippen molar-refractivity contribution in [2.24, 2.45) is 7.05 Å². The van der Waals surface area contributed by atoms with Crippen molar-refractivity contribution in [2.45, 2.75) is 6.18 Å². The number of aromatic nitrogens is 3. The number of rotatable bonds is 4. The summed E-state index contributed by atoms with van der Waals surface area (Å²) in [6.45, 7) is 0. The van der Waals surface area contributed by atoms with Crippen LogP contribution in [0, 0.1) is 0 Å². The third kappa shape index (κ3) is 4.53. The van der Waals surface area contributed by atoms with Gasteiger partial charge in [-0.2, -0.15) is 18.3 Å². The van der Waals surface area contributed by atoms with Gasteiger partial charge in [-0.1, -0.05) is 12.1 Å². The van der Waals surface area contributed by atoms with Gasteiger partial charge < -0.3 is 15.4 Å². The van der Waals surface area contributed by atoms with Gasteiger partial charge in [-0.3, -0.25) is 9.67 Å². The van der Waals surface area contributed by atoms with Crippen LogP contribution in [0.5, 0.6) is 0 Å². The molecule has 2 heterocycles. The van der Waals surface area contributed by atoms with E-state index in [0.29, 0.717) is 11.8 Å². The lowest BCUT2D eigenvalue weighted by Gasteiger charge is -2.14. The minimum Gasteiger partial charge on any atom is -0.465 e. The van der Waals surface area contributed by atoms with Crippen molar-refractivity contribution < 1.29 is 27.5 Å². The number of amides is 2. The Morgan fingerprint density at radius 1 is 0.971 bits per heavy atom. The molecule has 0 fully saturated rings. The van der Waals surface area contributed by atoms with E-state index >= 15 is 0 Å². The van der Waals surface area contributed by atoms with Crippen LogP contribution >= 0.6 is 0 Å². The smallest absolute Gasteiger partial charge is 0.417 e. The Kier molecular flexibility index (Phi) is 5.93. The van der Waals surface area contributed by atoms with Gasteiger partial charge >= 0.3 is 18.2 Å². The fraction of sp³-hybridized carbons (Fsp3) is 0.130. The van der Waals surface area contributed by atoms with E-state index in [2.05, 4.69) is 25.5 Å². The van der Waals surface area contributed by atoms with Crippen molar-refractivity contribution in [1.82, 2.24) is 14.8 Å². The molecule has 2 aromatic heterocycles. The van der Waals surface area contributed by atoms with Crippen molar-refractivity contribution in [3.05, 3.63) is 72.2 Å². The SMILES string of the molecule is COC(=O)c1ccc(NC(=O)Nc2ccc(-c3cncc4c3cnn4C)cc2)cc1C(F)(F)F. The van der Waals surface area contributed by atoms with Crippen LogP contribution in [0.25, 0.3) is 22.0 Å². The number of benzene rings is 2. The monoisotopic (exact) mass is 469 g/mol. The van der Waals surface area contributed by atoms with E-state index in [9.17, 15) is 22.8 Å². The third-order valence-electron chi connectivity index (χ3n) is 5.12. The highest BCUT2D eigenvalue weighted by molar-refractivity contribution is 6.01. The van der Waals surface area contributed by atoms with Gasteiger partial charge in [0.15, 0.2) is 0 Å². The highest BCUT2D eigenvalue weighted by Crippen LogP contribution is 2.34. The summed E-state index contributed by atoms with van der Waals surface area (Å²) >= 11 is 0. The van der Waals surface area contributed by atoms with Crippen molar-refractivity contribution in [1.29, 1.82) is 0 Å². The number of hydrogen-bond acceptors (Lipinski definition) is 5. The molecule has 0 aliphatic rings. The van der Waals surface area contributed by atoms with Crippen LogP contribution < -0.4 is 10.6 Å². The van der Waals surface area contributed by atoms with Crippen molar-refractivity contribution >= 4 is 34.3 Å². The molecule has 0 atom stereocenters. The first-order chi connectivity index (χ1) is 16.2. The number of aryl methyl sites for hydroxylation is 1. The number of carbonyl (C=O) groups is 2. The molecule has 34 heavy (non-hydrogen) atoms. The Morgan fingerprint density at radius 3 is 2.32 bits per heavy atom. The maximum Gasteiger partial charge on any atom is 0.417 e. The molecule has 0 saturated carbocycles. The molecule has 4 rings (SSSR count). The van der Waals surface area contributed by atoms with Crippen molar-refractivity contribution in [2.75, 3.05) is 17.7 Å². The number of carbonyl (C=O) groups excluding carboxylic acids is 2. The van der Waals surface area contributed by atoms with Gasteiger partial charge in [0.2, 0.25) is 0 Å². The van der Waals surface area contributed by atoms with Gasteiger partial charge in [0.1, 0.15) is 0 Å². The number of urea groups is 1. The molecule has 0 aliphatic carbocycles. The zero-order valence-corrected chi connectivity index (χ0v) is 18.0. The first kappa shape index (κ1) is 22.8. The molecule has 2 N–H and O–H groups in total. The standard InChI is InChI=1S/C23H18F3N5O3/c1-31-20-12-27-10-17(18(20)11-28-31)13-3-5-14(6-4-13)29-22(33)30-15-7-8-16(21(32)34-2)19(9-15)23(24,25)26/h3-12H,1-2H3,(H2,29,30,33). The van der Waals surface area contributed by atoms with E-state index in [4.69, 9.17) is 0 Å². The summed E-state index contributed by atoms with van der Waals surface area (Å²) in [6, 6.07) is 8.95. The molecule has 0 unspecified atom stereocenters. The maximum atomic E-state index is 13.3. The number of halogens is 3. The second kappa shape index (κ2) is 8.85. The molecular formula is C23H18F3N5O3. The summed E-state index contributed by atoms with van der Waals surface area (Å²) in [5.41, 5.74) is 1.03. The molecule has 0 aliphatic heterocycles. The van der Waals surface area contributed by atoms with Crippen LogP contribution in [0.4, 0.5) is 29.3 Å². The summed E-state index contributed by atoms with van der Waals surface area (Å²) < 4.78 is 46.1. The van der Waals surface area contributed by atoms with Crippen LogP contribution in [-0.4, -0.2) is 33.9 Å². The molecule has 0 saturated heterocycles. The molecule has 2 amide bonds. The molecular weight excluding hydrogens is 451 g/mol. The molecule has 0 spiro atoms. The van der Waals surface area contributed by atoms with Gasteiger partial charge in [-0.05, 0) is 35.9 Å². The quantitative estimate of drug-likeness (QED) is 0.406. The molecule has 0 radical (unpaired) electrons. The Morgan fingerprint density at radius 2 is 1.65 bits per heavy atom. The predicted octanol–water partition coefficient (Wildman–Crippen LogP) is 5.08. The first-order valence-corrected chi connectivity index (χ1v) is 9.91. The predicted molar refractivity (Wildman–Crippen MR) is 119 cm³/mol. The number of hydrogen-bond donors (Lipinski definition) is 2. The maximum absolute atomic E-state index is 13.3. The molecule has 0 bridgehead atoms. The van der Waals surface area contributed by atoms with E-state index in [1.54, 1.807) is 47.5 Å². The molecule has 11 heteroatoms. The van der Waals surface area contributed by atoms with E-state index in [-0.39, 0.29) is 5.69 Å². The average molecular weight is 469 g/mol. The van der Waals surface area contributed by atoms with Crippen LogP contribution in [-0.2, 0) is 18.0 Å². The fourth-order valence-corrected chi connectivity index (χ4v) is 3.46. The van der Waals surface area contributed by atoms with Crippen LogP contribution in [0.3, 0.4) is 0 Å². The number of methoxy groups -OCH3 is 1. The molecule has 4 aromatic rings. The van der Waals surface area contributed by atoms with Crippen LogP contribution in [0.15, 0.2) is 61.1 Å². The number of alkyl halides is 3. The number of nitrogens with one attached hydrogen (secondary N) is 2. The van der Waals surface area contributed by atoms with Crippen molar-refractivity contribution in [3.63, 3.8) is 0 Å². The Bertz CT molecular complexity index is 1380. The lowest BCUT2D eigenvalue weighted by molar-refractivity contribution is -0.138. The average Bonchev–Trinajstić information content (AvgIpc) is 3.19. The van der Waals surface area contributed by atoms with E-state index in [1.807, 2.05) is 7.05 Å². The van der Waals surface area contributed by atoms with E-state index in [1.165, 1.54) is 6.07 Å². The Labute approximate surface area is 191 Å². The third-order valence-corrected chi connectivity index (χ3v) is 5.12. The lowest BCUT2D eigenvalue weighted by Crippen LogP contribution is -2.20. The Balaban J connectivity index is 1.50. The highest BCUT2D eigenvalue weighted by atomic mass is 19.4. The Hall–Kier alpha value is -4.41. The normalized spacial score (nSPS) is 11.3. The second-order valence-corrected chi connectivity index (χ2v) is 7.29. The highest BCUT2D eigenvalue weighted by Gasteiger charge is 2.36. The number of anilines is 2. The first-order valence-electron chi connectivity index (χ1n) is 9.91. The zero-order chi connectivity index (χ0) is 24.5. The minimum atomic E-state index is -4.81. The largest absolute Gasteiger partial charge is 0.465 e. The molecule has 8 nitrogen and oxygen atoms in total. The fourth-order valence-electron chi connectivity index (χ4n) is 3.46. The zero-order valence-electron chi connectivity index (χ0n) is 18.0. The van der Waals surface area contributed by atoms with Gasteiger partial charge in [-0.15, -0.1) is 0 Å². The number of nitrogens with zero attached hydrogens (tertiary/aromatic N) is 3. The van der Waals surface area contributed by atoms with Gasteiger partial charge in [0, 0.05) is 35.6 Å². The summed E-state index contributed by atoms with van der Waals surface area (Å²) in [5, 5.41) is 10.1. The summed E-state index contributed by atoms with van der Waals surface area (Å²) in [5.74, 6) is -1.12. The number of esters is 1. The number of ether oxygens (including phenoxy) is 1. The van der Waals surface area contributed by atoms with E-state index in [0.717, 1.165) is 35.2 Å². The summed E-state index contributed by atoms with van der Waals surface area (Å²) in [4.78, 5) is 28.2. The van der Waals surface area contributed by atoms with Gasteiger partial charge in [0.05, 0.1) is 36.1 Å². The molecule has 174 valence electrons. The topological polar surface area (TPSA) is 98.1 Å². The summed E-state index contributed by atoms with van der Waals surface area (Å²) in [6.07, 6.45) is 0.371. The minimum absolute atomic E-state index is 0.136. The molecule has 2 aromatic carbocycles. The number of pyridine rings is 1. The number of fused-ring (bicyclic) bond motifs is 1. The van der Waals surface area contributed by atoms with Crippen molar-refractivity contribution in [3.8, 4) is 11.1 Å². The van der Waals surface area contributed by atoms with Crippen LogP contribution in [0.1, 0.15) is 15.9 Å². The lowest BCUT2D eigenvalue weighted by atomic mass is 10.0. The summed E-state index contributed by atoms with van der Waals surface area (Å²) in [7, 11) is 2.81. The van der Waals surface area contributed by atoms with Crippen LogP contribution in [0.2, 0.25) is 0 Å².